The van der Waals surface area contributed by atoms with E-state index in [1.54, 1.807) is 6.92 Å². The molecule has 0 bridgehead atoms. The Hall–Kier alpha value is -1.88. The maximum Gasteiger partial charge on any atom is 0.325 e. The number of imide groups is 1. The number of nitrogens with zero attached hydrogens (tertiary/aromatic N) is 1. The Morgan fingerprint density at radius 2 is 1.94 bits per heavy atom. The van der Waals surface area contributed by atoms with E-state index >= 15 is 0 Å². The number of rotatable bonds is 4. The van der Waals surface area contributed by atoms with Crippen molar-refractivity contribution in [3.05, 3.63) is 35.9 Å². The van der Waals surface area contributed by atoms with Crippen LogP contribution < -0.4 is 5.32 Å². The summed E-state index contributed by atoms with van der Waals surface area (Å²) in [4.78, 5) is 25.3. The number of benzene rings is 1. The summed E-state index contributed by atoms with van der Waals surface area (Å²) in [7, 11) is 0. The SMILES string of the molecule is CC1(c2ccccc2)NC(=O)N(CCCO)C1=O. The first-order valence-corrected chi connectivity index (χ1v) is 5.90. The second kappa shape index (κ2) is 4.78. The summed E-state index contributed by atoms with van der Waals surface area (Å²) in [6.07, 6.45) is 0.393. The number of carbonyl (C=O) groups is 2. The third-order valence-corrected chi connectivity index (χ3v) is 3.17. The number of nitrogens with one attached hydrogen (secondary N) is 1. The molecule has 5 heteroatoms. The molecule has 1 aliphatic rings. The van der Waals surface area contributed by atoms with Gasteiger partial charge in [0.2, 0.25) is 0 Å². The highest BCUT2D eigenvalue weighted by Gasteiger charge is 2.48. The minimum absolute atomic E-state index is 0.0425. The van der Waals surface area contributed by atoms with E-state index in [4.69, 9.17) is 5.11 Å². The topological polar surface area (TPSA) is 69.6 Å². The highest BCUT2D eigenvalue weighted by molar-refractivity contribution is 6.07. The molecule has 5 nitrogen and oxygen atoms in total. The van der Waals surface area contributed by atoms with E-state index in [2.05, 4.69) is 5.32 Å². The number of urea groups is 1. The first kappa shape index (κ1) is 12.6. The number of amides is 3. The summed E-state index contributed by atoms with van der Waals surface area (Å²) < 4.78 is 0. The summed E-state index contributed by atoms with van der Waals surface area (Å²) in [5, 5.41) is 11.5. The predicted octanol–water partition coefficient (Wildman–Crippen LogP) is 0.836. The van der Waals surface area contributed by atoms with E-state index in [0.29, 0.717) is 6.42 Å². The summed E-state index contributed by atoms with van der Waals surface area (Å²) in [6.45, 7) is 1.89. The van der Waals surface area contributed by atoms with Gasteiger partial charge in [-0.05, 0) is 18.9 Å². The van der Waals surface area contributed by atoms with Crippen molar-refractivity contribution in [2.24, 2.45) is 0 Å². The molecule has 0 saturated carbocycles. The Bertz CT molecular complexity index is 461. The van der Waals surface area contributed by atoms with Crippen molar-refractivity contribution in [1.29, 1.82) is 0 Å². The number of hydrogen-bond acceptors (Lipinski definition) is 3. The maximum atomic E-state index is 12.3. The monoisotopic (exact) mass is 248 g/mol. The minimum atomic E-state index is -1.01. The third kappa shape index (κ3) is 1.97. The summed E-state index contributed by atoms with van der Waals surface area (Å²) in [5.74, 6) is -0.271. The van der Waals surface area contributed by atoms with Crippen LogP contribution in [-0.2, 0) is 10.3 Å². The third-order valence-electron chi connectivity index (χ3n) is 3.17. The van der Waals surface area contributed by atoms with Crippen LogP contribution >= 0.6 is 0 Å². The predicted molar refractivity (Wildman–Crippen MR) is 65.7 cm³/mol. The molecule has 18 heavy (non-hydrogen) atoms. The van der Waals surface area contributed by atoms with Gasteiger partial charge in [0.05, 0.1) is 0 Å². The van der Waals surface area contributed by atoms with E-state index in [1.165, 1.54) is 0 Å². The molecule has 0 spiro atoms. The van der Waals surface area contributed by atoms with Gasteiger partial charge >= 0.3 is 6.03 Å². The molecule has 1 aromatic rings. The highest BCUT2D eigenvalue weighted by Crippen LogP contribution is 2.28. The highest BCUT2D eigenvalue weighted by atomic mass is 16.3. The van der Waals surface area contributed by atoms with Gasteiger partial charge in [-0.2, -0.15) is 0 Å². The summed E-state index contributed by atoms with van der Waals surface area (Å²) in [6, 6.07) is 8.74. The van der Waals surface area contributed by atoms with Gasteiger partial charge < -0.3 is 10.4 Å². The average Bonchev–Trinajstić information content (AvgIpc) is 2.60. The van der Waals surface area contributed by atoms with Crippen LogP contribution in [0.5, 0.6) is 0 Å². The Kier molecular flexibility index (Phi) is 3.34. The molecule has 0 radical (unpaired) electrons. The Morgan fingerprint density at radius 1 is 1.28 bits per heavy atom. The van der Waals surface area contributed by atoms with Crippen LogP contribution in [0.25, 0.3) is 0 Å². The van der Waals surface area contributed by atoms with Gasteiger partial charge in [-0.15, -0.1) is 0 Å². The maximum absolute atomic E-state index is 12.3. The summed E-state index contributed by atoms with van der Waals surface area (Å²) in [5.41, 5.74) is -0.247. The van der Waals surface area contributed by atoms with Crippen molar-refractivity contribution in [2.45, 2.75) is 18.9 Å². The fourth-order valence-corrected chi connectivity index (χ4v) is 2.10. The van der Waals surface area contributed by atoms with Crippen LogP contribution in [0.1, 0.15) is 18.9 Å². The molecular formula is C13H16N2O3. The van der Waals surface area contributed by atoms with Gasteiger partial charge in [0.25, 0.3) is 5.91 Å². The fraction of sp³-hybridized carbons (Fsp3) is 0.385. The van der Waals surface area contributed by atoms with Crippen LogP contribution in [0.3, 0.4) is 0 Å². The van der Waals surface area contributed by atoms with Crippen LogP contribution in [0, 0.1) is 0 Å². The lowest BCUT2D eigenvalue weighted by molar-refractivity contribution is -0.131. The zero-order chi connectivity index (χ0) is 13.2. The van der Waals surface area contributed by atoms with Gasteiger partial charge in [-0.25, -0.2) is 4.79 Å². The Balaban J connectivity index is 2.26. The molecule has 0 aliphatic carbocycles. The van der Waals surface area contributed by atoms with Crippen LogP contribution in [-0.4, -0.2) is 35.1 Å². The molecule has 0 aromatic heterocycles. The summed E-state index contributed by atoms with van der Waals surface area (Å²) >= 11 is 0. The molecule has 2 N–H and O–H groups in total. The smallest absolute Gasteiger partial charge is 0.325 e. The first-order valence-electron chi connectivity index (χ1n) is 5.90. The fourth-order valence-electron chi connectivity index (χ4n) is 2.10. The lowest BCUT2D eigenvalue weighted by Gasteiger charge is -2.22. The second-order valence-corrected chi connectivity index (χ2v) is 4.46. The zero-order valence-electron chi connectivity index (χ0n) is 10.2. The number of hydrogen-bond donors (Lipinski definition) is 2. The molecule has 1 atom stereocenters. The van der Waals surface area contributed by atoms with E-state index in [9.17, 15) is 9.59 Å². The largest absolute Gasteiger partial charge is 0.396 e. The molecular weight excluding hydrogens is 232 g/mol. The van der Waals surface area contributed by atoms with Crippen molar-refractivity contribution in [1.82, 2.24) is 10.2 Å². The standard InChI is InChI=1S/C13H16N2O3/c1-13(10-6-3-2-4-7-10)11(17)15(8-5-9-16)12(18)14-13/h2-4,6-7,16H,5,8-9H2,1H3,(H,14,18). The molecule has 1 aliphatic heterocycles. The van der Waals surface area contributed by atoms with Crippen molar-refractivity contribution in [3.63, 3.8) is 0 Å². The van der Waals surface area contributed by atoms with Crippen molar-refractivity contribution in [2.75, 3.05) is 13.2 Å². The number of aliphatic hydroxyl groups is 1. The molecule has 1 saturated heterocycles. The van der Waals surface area contributed by atoms with Crippen LogP contribution in [0.4, 0.5) is 4.79 Å². The van der Waals surface area contributed by atoms with E-state index in [-0.39, 0.29) is 19.1 Å². The minimum Gasteiger partial charge on any atom is -0.396 e. The normalized spacial score (nSPS) is 23.3. The number of carbonyl (C=O) groups excluding carboxylic acids is 2. The van der Waals surface area contributed by atoms with E-state index in [1.807, 2.05) is 30.3 Å². The quantitative estimate of drug-likeness (QED) is 0.776. The van der Waals surface area contributed by atoms with Gasteiger partial charge in [0.15, 0.2) is 0 Å². The number of aliphatic hydroxyl groups excluding tert-OH is 1. The lowest BCUT2D eigenvalue weighted by atomic mass is 9.92. The van der Waals surface area contributed by atoms with Gasteiger partial charge in [-0.1, -0.05) is 30.3 Å². The molecule has 1 fully saturated rings. The molecule has 1 aromatic carbocycles. The molecule has 1 unspecified atom stereocenters. The molecule has 1 heterocycles. The van der Waals surface area contributed by atoms with E-state index < -0.39 is 11.6 Å². The van der Waals surface area contributed by atoms with Crippen LogP contribution in [0.2, 0.25) is 0 Å². The second-order valence-electron chi connectivity index (χ2n) is 4.46. The van der Waals surface area contributed by atoms with Gasteiger partial charge in [-0.3, -0.25) is 9.69 Å². The van der Waals surface area contributed by atoms with Crippen molar-refractivity contribution >= 4 is 11.9 Å². The van der Waals surface area contributed by atoms with E-state index in [0.717, 1.165) is 10.5 Å². The molecule has 2 rings (SSSR count). The average molecular weight is 248 g/mol. The Morgan fingerprint density at radius 3 is 2.56 bits per heavy atom. The van der Waals surface area contributed by atoms with Crippen LogP contribution in [0.15, 0.2) is 30.3 Å². The van der Waals surface area contributed by atoms with Gasteiger partial charge in [0, 0.05) is 13.2 Å². The molecule has 96 valence electrons. The Labute approximate surface area is 105 Å². The van der Waals surface area contributed by atoms with Gasteiger partial charge in [0.1, 0.15) is 5.54 Å². The van der Waals surface area contributed by atoms with Crippen molar-refractivity contribution < 1.29 is 14.7 Å². The van der Waals surface area contributed by atoms with Crippen molar-refractivity contribution in [3.8, 4) is 0 Å². The first-order chi connectivity index (χ1) is 8.59. The zero-order valence-corrected chi connectivity index (χ0v) is 10.2. The lowest BCUT2D eigenvalue weighted by Crippen LogP contribution is -2.41. The molecule has 3 amide bonds.